The monoisotopic (exact) mass is 302 g/mol. The molecule has 5 nitrogen and oxygen atoms in total. The molecule has 2 aromatic rings. The number of ether oxygens (including phenoxy) is 1. The van der Waals surface area contributed by atoms with Crippen molar-refractivity contribution in [3.63, 3.8) is 0 Å². The second kappa shape index (κ2) is 6.99. The first-order valence-electron chi connectivity index (χ1n) is 6.63. The van der Waals surface area contributed by atoms with Crippen molar-refractivity contribution in [1.29, 1.82) is 0 Å². The molecule has 2 rings (SSSR count). The zero-order chi connectivity index (χ0) is 15.2. The standard InChI is InChI=1S/C15H18N4OS/c1-10-4-3-5-12(8-10)20-7-6-17-15-18-11(2)9-13(19-15)14(16)21/h3-5,8-9H,6-7H2,1-2H3,(H2,16,21)(H,17,18,19). The summed E-state index contributed by atoms with van der Waals surface area (Å²) in [6.45, 7) is 5.01. The number of anilines is 1. The summed E-state index contributed by atoms with van der Waals surface area (Å²) in [5, 5.41) is 3.10. The lowest BCUT2D eigenvalue weighted by Crippen LogP contribution is -2.17. The van der Waals surface area contributed by atoms with Crippen molar-refractivity contribution >= 4 is 23.2 Å². The number of hydrogen-bond acceptors (Lipinski definition) is 5. The summed E-state index contributed by atoms with van der Waals surface area (Å²) in [7, 11) is 0. The minimum absolute atomic E-state index is 0.263. The van der Waals surface area contributed by atoms with Crippen molar-refractivity contribution in [3.8, 4) is 5.75 Å². The van der Waals surface area contributed by atoms with Gasteiger partial charge >= 0.3 is 0 Å². The van der Waals surface area contributed by atoms with Gasteiger partial charge in [0.05, 0.1) is 6.54 Å². The Balaban J connectivity index is 1.87. The number of hydrogen-bond donors (Lipinski definition) is 2. The topological polar surface area (TPSA) is 73.1 Å². The van der Waals surface area contributed by atoms with Gasteiger partial charge in [0.25, 0.3) is 0 Å². The molecule has 0 amide bonds. The summed E-state index contributed by atoms with van der Waals surface area (Å²) in [4.78, 5) is 8.79. The molecule has 0 spiro atoms. The van der Waals surface area contributed by atoms with E-state index >= 15 is 0 Å². The first kappa shape index (κ1) is 15.2. The highest BCUT2D eigenvalue weighted by atomic mass is 32.1. The largest absolute Gasteiger partial charge is 0.492 e. The minimum atomic E-state index is 0.263. The van der Waals surface area contributed by atoms with E-state index in [0.717, 1.165) is 11.4 Å². The average Bonchev–Trinajstić information content (AvgIpc) is 2.43. The highest BCUT2D eigenvalue weighted by Crippen LogP contribution is 2.12. The SMILES string of the molecule is Cc1cccc(OCCNc2nc(C)cc(C(N)=S)n2)c1. The molecule has 0 saturated heterocycles. The molecule has 0 atom stereocenters. The van der Waals surface area contributed by atoms with Crippen molar-refractivity contribution in [3.05, 3.63) is 47.3 Å². The molecule has 0 aliphatic heterocycles. The number of thiocarbonyl (C=S) groups is 1. The van der Waals surface area contributed by atoms with Gasteiger partial charge in [-0.1, -0.05) is 24.4 Å². The van der Waals surface area contributed by atoms with Crippen LogP contribution in [-0.2, 0) is 0 Å². The number of aromatic nitrogens is 2. The molecule has 0 bridgehead atoms. The highest BCUT2D eigenvalue weighted by Gasteiger charge is 2.04. The van der Waals surface area contributed by atoms with Crippen LogP contribution in [0.3, 0.4) is 0 Å². The Kier molecular flexibility index (Phi) is 5.05. The zero-order valence-corrected chi connectivity index (χ0v) is 12.9. The fourth-order valence-corrected chi connectivity index (χ4v) is 1.92. The summed E-state index contributed by atoms with van der Waals surface area (Å²) < 4.78 is 5.65. The number of nitrogens with two attached hydrogens (primary N) is 1. The predicted octanol–water partition coefficient (Wildman–Crippen LogP) is 2.22. The molecule has 0 unspecified atom stereocenters. The lowest BCUT2D eigenvalue weighted by atomic mass is 10.2. The lowest BCUT2D eigenvalue weighted by Gasteiger charge is -2.09. The molecule has 6 heteroatoms. The van der Waals surface area contributed by atoms with E-state index < -0.39 is 0 Å². The van der Waals surface area contributed by atoms with Crippen molar-refractivity contribution in [1.82, 2.24) is 9.97 Å². The van der Waals surface area contributed by atoms with Crippen LogP contribution in [0, 0.1) is 13.8 Å². The van der Waals surface area contributed by atoms with Crippen LogP contribution in [-0.4, -0.2) is 28.1 Å². The first-order chi connectivity index (χ1) is 10.0. The first-order valence-corrected chi connectivity index (χ1v) is 7.04. The van der Waals surface area contributed by atoms with Crippen LogP contribution >= 0.6 is 12.2 Å². The molecule has 110 valence electrons. The van der Waals surface area contributed by atoms with Crippen LogP contribution in [0.1, 0.15) is 17.0 Å². The molecule has 0 saturated carbocycles. The molecule has 21 heavy (non-hydrogen) atoms. The van der Waals surface area contributed by atoms with Gasteiger partial charge in [0.15, 0.2) is 0 Å². The summed E-state index contributed by atoms with van der Waals surface area (Å²) >= 11 is 4.93. The Morgan fingerprint density at radius 3 is 2.81 bits per heavy atom. The normalized spacial score (nSPS) is 10.2. The smallest absolute Gasteiger partial charge is 0.223 e. The van der Waals surface area contributed by atoms with Crippen molar-refractivity contribution in [2.75, 3.05) is 18.5 Å². The Bertz CT molecular complexity index is 645. The second-order valence-corrected chi connectivity index (χ2v) is 5.11. The summed E-state index contributed by atoms with van der Waals surface area (Å²) in [6.07, 6.45) is 0. The number of nitrogens with one attached hydrogen (secondary N) is 1. The van der Waals surface area contributed by atoms with E-state index in [1.54, 1.807) is 6.07 Å². The maximum absolute atomic E-state index is 5.65. The maximum atomic E-state index is 5.65. The van der Waals surface area contributed by atoms with Crippen molar-refractivity contribution in [2.45, 2.75) is 13.8 Å². The van der Waals surface area contributed by atoms with E-state index in [1.165, 1.54) is 5.56 Å². The van der Waals surface area contributed by atoms with E-state index in [0.29, 0.717) is 24.8 Å². The third-order valence-corrected chi connectivity index (χ3v) is 2.96. The molecule has 1 heterocycles. The Morgan fingerprint density at radius 2 is 2.10 bits per heavy atom. The van der Waals surface area contributed by atoms with Crippen LogP contribution in [0.4, 0.5) is 5.95 Å². The van der Waals surface area contributed by atoms with Gasteiger partial charge in [0.1, 0.15) is 23.0 Å². The van der Waals surface area contributed by atoms with Crippen molar-refractivity contribution < 1.29 is 4.74 Å². The predicted molar refractivity (Wildman–Crippen MR) is 87.8 cm³/mol. The van der Waals surface area contributed by atoms with Gasteiger partial charge in [-0.3, -0.25) is 0 Å². The molecule has 0 radical (unpaired) electrons. The molecule has 0 aliphatic carbocycles. The fourth-order valence-electron chi connectivity index (χ4n) is 1.81. The van der Waals surface area contributed by atoms with Crippen LogP contribution in [0.5, 0.6) is 5.75 Å². The fraction of sp³-hybridized carbons (Fsp3) is 0.267. The van der Waals surface area contributed by atoms with E-state index in [1.807, 2.05) is 38.1 Å². The van der Waals surface area contributed by atoms with Gasteiger partial charge in [-0.25, -0.2) is 9.97 Å². The average molecular weight is 302 g/mol. The molecule has 0 fully saturated rings. The van der Waals surface area contributed by atoms with Crippen LogP contribution in [0.2, 0.25) is 0 Å². The number of benzene rings is 1. The summed E-state index contributed by atoms with van der Waals surface area (Å²) in [5.41, 5.74) is 8.14. The van der Waals surface area contributed by atoms with E-state index in [2.05, 4.69) is 15.3 Å². The quantitative estimate of drug-likeness (QED) is 0.629. The van der Waals surface area contributed by atoms with E-state index in [9.17, 15) is 0 Å². The van der Waals surface area contributed by atoms with Gasteiger partial charge in [0, 0.05) is 5.69 Å². The molecular formula is C15H18N4OS. The van der Waals surface area contributed by atoms with Crippen LogP contribution in [0.15, 0.2) is 30.3 Å². The Labute approximate surface area is 129 Å². The summed E-state index contributed by atoms with van der Waals surface area (Å²) in [5.74, 6) is 1.36. The molecular weight excluding hydrogens is 284 g/mol. The highest BCUT2D eigenvalue weighted by molar-refractivity contribution is 7.80. The van der Waals surface area contributed by atoms with Gasteiger partial charge in [0.2, 0.25) is 5.95 Å². The zero-order valence-electron chi connectivity index (χ0n) is 12.1. The van der Waals surface area contributed by atoms with Gasteiger partial charge < -0.3 is 15.8 Å². The maximum Gasteiger partial charge on any atom is 0.223 e. The third-order valence-electron chi connectivity index (χ3n) is 2.75. The Morgan fingerprint density at radius 1 is 1.29 bits per heavy atom. The van der Waals surface area contributed by atoms with E-state index in [-0.39, 0.29) is 4.99 Å². The van der Waals surface area contributed by atoms with Crippen LogP contribution < -0.4 is 15.8 Å². The molecule has 3 N–H and O–H groups in total. The molecule has 1 aromatic heterocycles. The Hall–Kier alpha value is -2.21. The molecule has 1 aromatic carbocycles. The van der Waals surface area contributed by atoms with Crippen molar-refractivity contribution in [2.24, 2.45) is 5.73 Å². The van der Waals surface area contributed by atoms with Gasteiger partial charge in [-0.2, -0.15) is 0 Å². The number of rotatable bonds is 6. The van der Waals surface area contributed by atoms with Gasteiger partial charge in [-0.15, -0.1) is 0 Å². The number of nitrogens with zero attached hydrogens (tertiary/aromatic N) is 2. The molecule has 0 aliphatic rings. The van der Waals surface area contributed by atoms with E-state index in [4.69, 9.17) is 22.7 Å². The van der Waals surface area contributed by atoms with Gasteiger partial charge in [-0.05, 0) is 37.6 Å². The van der Waals surface area contributed by atoms with Crippen LogP contribution in [0.25, 0.3) is 0 Å². The second-order valence-electron chi connectivity index (χ2n) is 4.67. The lowest BCUT2D eigenvalue weighted by molar-refractivity contribution is 0.332. The summed E-state index contributed by atoms with van der Waals surface area (Å²) in [6, 6.07) is 9.69. The number of aryl methyl sites for hydroxylation is 2. The third kappa shape index (κ3) is 4.68. The minimum Gasteiger partial charge on any atom is -0.492 e.